The monoisotopic (exact) mass is 403 g/mol. The van der Waals surface area contributed by atoms with Crippen LogP contribution < -0.4 is 10.1 Å². The highest BCUT2D eigenvalue weighted by atomic mass is 35.5. The van der Waals surface area contributed by atoms with Gasteiger partial charge in [0.25, 0.3) is 11.6 Å². The van der Waals surface area contributed by atoms with Crippen molar-refractivity contribution in [3.63, 3.8) is 0 Å². The van der Waals surface area contributed by atoms with Crippen LogP contribution in [-0.4, -0.2) is 42.5 Å². The van der Waals surface area contributed by atoms with Crippen molar-refractivity contribution in [3.8, 4) is 5.75 Å². The lowest BCUT2D eigenvalue weighted by Gasteiger charge is -2.28. The third-order valence-electron chi connectivity index (χ3n) is 4.95. The molecular weight excluding hydrogens is 382 g/mol. The molecule has 1 heterocycles. The maximum Gasteiger partial charge on any atom is 0.270 e. The minimum Gasteiger partial charge on any atom is -0.497 e. The van der Waals surface area contributed by atoms with Crippen LogP contribution in [0.1, 0.15) is 34.8 Å². The second-order valence-corrected chi connectivity index (χ2v) is 7.07. The number of nitro groups is 1. The summed E-state index contributed by atoms with van der Waals surface area (Å²) in [6, 6.07) is 11.7. The highest BCUT2D eigenvalue weighted by molar-refractivity contribution is 6.34. The Morgan fingerprint density at radius 1 is 1.25 bits per heavy atom. The minimum atomic E-state index is -0.541. The molecule has 0 bridgehead atoms. The number of nitrogens with zero attached hydrogens (tertiary/aromatic N) is 2. The van der Waals surface area contributed by atoms with E-state index in [0.717, 1.165) is 37.2 Å². The van der Waals surface area contributed by atoms with E-state index < -0.39 is 4.92 Å². The number of non-ortho nitro benzene ring substituents is 1. The van der Waals surface area contributed by atoms with E-state index in [4.69, 9.17) is 16.3 Å². The van der Waals surface area contributed by atoms with E-state index in [9.17, 15) is 14.9 Å². The molecule has 28 heavy (non-hydrogen) atoms. The molecule has 0 radical (unpaired) electrons. The number of nitrogens with one attached hydrogen (secondary N) is 1. The number of likely N-dealkylation sites (tertiary alicyclic amines) is 1. The lowest BCUT2D eigenvalue weighted by molar-refractivity contribution is -0.384. The van der Waals surface area contributed by atoms with Crippen molar-refractivity contribution in [2.45, 2.75) is 18.9 Å². The molecule has 1 saturated heterocycles. The van der Waals surface area contributed by atoms with Crippen LogP contribution in [0.4, 0.5) is 5.69 Å². The summed E-state index contributed by atoms with van der Waals surface area (Å²) in [6.07, 6.45) is 2.27. The van der Waals surface area contributed by atoms with Crippen molar-refractivity contribution in [1.29, 1.82) is 0 Å². The van der Waals surface area contributed by atoms with Gasteiger partial charge in [-0.15, -0.1) is 0 Å². The second-order valence-electron chi connectivity index (χ2n) is 6.66. The van der Waals surface area contributed by atoms with Crippen molar-refractivity contribution in [2.24, 2.45) is 0 Å². The first kappa shape index (κ1) is 20.1. The Labute approximate surface area is 168 Å². The highest BCUT2D eigenvalue weighted by Gasteiger charge is 2.25. The maximum atomic E-state index is 12.6. The fraction of sp³-hybridized carbons (Fsp3) is 0.350. The molecule has 2 aromatic carbocycles. The zero-order chi connectivity index (χ0) is 20.1. The quantitative estimate of drug-likeness (QED) is 0.561. The van der Waals surface area contributed by atoms with Crippen molar-refractivity contribution in [2.75, 3.05) is 26.7 Å². The molecule has 0 aromatic heterocycles. The Balaban J connectivity index is 1.74. The van der Waals surface area contributed by atoms with Crippen LogP contribution in [0.15, 0.2) is 42.5 Å². The van der Waals surface area contributed by atoms with Gasteiger partial charge in [-0.3, -0.25) is 19.8 Å². The van der Waals surface area contributed by atoms with Crippen molar-refractivity contribution >= 4 is 23.2 Å². The summed E-state index contributed by atoms with van der Waals surface area (Å²) in [7, 11) is 1.63. The summed E-state index contributed by atoms with van der Waals surface area (Å²) in [6.45, 7) is 2.37. The molecule has 0 saturated carbocycles. The number of carbonyl (C=O) groups is 1. The number of halogens is 1. The molecule has 1 fully saturated rings. The first-order chi connectivity index (χ1) is 13.5. The molecular formula is C20H22ClN3O4. The molecule has 3 rings (SSSR count). The summed E-state index contributed by atoms with van der Waals surface area (Å²) in [5, 5.41) is 13.8. The standard InChI is InChI=1S/C20H22ClN3O4/c1-28-16-7-4-14(5-8-16)19(23-10-2-3-11-23)13-22-20(25)17-9-6-15(24(26)27)12-18(17)21/h4-9,12,19H,2-3,10-11,13H2,1H3,(H,22,25)/t19-/m0/s1. The fourth-order valence-corrected chi connectivity index (χ4v) is 3.68. The van der Waals surface area contributed by atoms with Crippen LogP contribution in [0.5, 0.6) is 5.75 Å². The van der Waals surface area contributed by atoms with Gasteiger partial charge in [-0.05, 0) is 49.7 Å². The van der Waals surface area contributed by atoms with Gasteiger partial charge in [-0.1, -0.05) is 23.7 Å². The van der Waals surface area contributed by atoms with Gasteiger partial charge in [0, 0.05) is 18.7 Å². The molecule has 1 atom stereocenters. The van der Waals surface area contributed by atoms with E-state index >= 15 is 0 Å². The Bertz CT molecular complexity index is 851. The Morgan fingerprint density at radius 2 is 1.93 bits per heavy atom. The molecule has 1 N–H and O–H groups in total. The van der Waals surface area contributed by atoms with Gasteiger partial charge < -0.3 is 10.1 Å². The van der Waals surface area contributed by atoms with E-state index in [1.165, 1.54) is 18.2 Å². The number of hydrogen-bond acceptors (Lipinski definition) is 5. The largest absolute Gasteiger partial charge is 0.497 e. The molecule has 8 heteroatoms. The van der Waals surface area contributed by atoms with E-state index in [2.05, 4.69) is 10.2 Å². The Morgan fingerprint density at radius 3 is 2.50 bits per heavy atom. The van der Waals surface area contributed by atoms with Crippen LogP contribution in [-0.2, 0) is 0 Å². The average Bonchev–Trinajstić information content (AvgIpc) is 3.22. The number of hydrogen-bond donors (Lipinski definition) is 1. The van der Waals surface area contributed by atoms with Gasteiger partial charge in [-0.25, -0.2) is 0 Å². The summed E-state index contributed by atoms with van der Waals surface area (Å²) >= 11 is 6.07. The third kappa shape index (κ3) is 4.61. The molecule has 0 unspecified atom stereocenters. The molecule has 7 nitrogen and oxygen atoms in total. The number of nitro benzene ring substituents is 1. The first-order valence-electron chi connectivity index (χ1n) is 9.09. The van der Waals surface area contributed by atoms with Crippen molar-refractivity contribution in [1.82, 2.24) is 10.2 Å². The number of methoxy groups -OCH3 is 1. The van der Waals surface area contributed by atoms with Gasteiger partial charge >= 0.3 is 0 Å². The summed E-state index contributed by atoms with van der Waals surface area (Å²) in [5.74, 6) is 0.434. The average molecular weight is 404 g/mol. The van der Waals surface area contributed by atoms with Gasteiger partial charge in [0.1, 0.15) is 5.75 Å². The second kappa shape index (κ2) is 9.03. The maximum absolute atomic E-state index is 12.6. The number of rotatable bonds is 7. The Hall–Kier alpha value is -2.64. The van der Waals surface area contributed by atoms with Crippen molar-refractivity contribution < 1.29 is 14.5 Å². The van der Waals surface area contributed by atoms with Crippen LogP contribution >= 0.6 is 11.6 Å². The van der Waals surface area contributed by atoms with Gasteiger partial charge in [0.15, 0.2) is 0 Å². The summed E-state index contributed by atoms with van der Waals surface area (Å²) in [4.78, 5) is 25.2. The topological polar surface area (TPSA) is 84.7 Å². The zero-order valence-corrected chi connectivity index (χ0v) is 16.3. The summed E-state index contributed by atoms with van der Waals surface area (Å²) in [5.41, 5.74) is 1.18. The van der Waals surface area contributed by atoms with Crippen LogP contribution in [0.25, 0.3) is 0 Å². The van der Waals surface area contributed by atoms with E-state index in [0.29, 0.717) is 6.54 Å². The molecule has 1 aliphatic rings. The van der Waals surface area contributed by atoms with Gasteiger partial charge in [0.05, 0.1) is 28.7 Å². The highest BCUT2D eigenvalue weighted by Crippen LogP contribution is 2.27. The van der Waals surface area contributed by atoms with Crippen molar-refractivity contribution in [3.05, 3.63) is 68.7 Å². The van der Waals surface area contributed by atoms with Crippen LogP contribution in [0, 0.1) is 10.1 Å². The molecule has 0 aliphatic carbocycles. The summed E-state index contributed by atoms with van der Waals surface area (Å²) < 4.78 is 5.22. The Kier molecular flexibility index (Phi) is 6.49. The smallest absolute Gasteiger partial charge is 0.270 e. The van der Waals surface area contributed by atoms with E-state index in [1.807, 2.05) is 24.3 Å². The molecule has 0 spiro atoms. The lowest BCUT2D eigenvalue weighted by atomic mass is 10.0. The molecule has 2 aromatic rings. The van der Waals surface area contributed by atoms with E-state index in [-0.39, 0.29) is 28.2 Å². The van der Waals surface area contributed by atoms with E-state index in [1.54, 1.807) is 7.11 Å². The third-order valence-corrected chi connectivity index (χ3v) is 5.26. The predicted octanol–water partition coefficient (Wildman–Crippen LogP) is 3.82. The number of benzene rings is 2. The predicted molar refractivity (Wildman–Crippen MR) is 107 cm³/mol. The zero-order valence-electron chi connectivity index (χ0n) is 15.6. The lowest BCUT2D eigenvalue weighted by Crippen LogP contribution is -2.36. The molecule has 148 valence electrons. The number of carbonyl (C=O) groups excluding carboxylic acids is 1. The van der Waals surface area contributed by atoms with Crippen LogP contribution in [0.2, 0.25) is 5.02 Å². The van der Waals surface area contributed by atoms with Gasteiger partial charge in [-0.2, -0.15) is 0 Å². The number of amides is 1. The fourth-order valence-electron chi connectivity index (χ4n) is 3.42. The normalized spacial score (nSPS) is 15.2. The number of ether oxygens (including phenoxy) is 1. The van der Waals surface area contributed by atoms with Gasteiger partial charge in [0.2, 0.25) is 0 Å². The molecule has 1 amide bonds. The molecule has 1 aliphatic heterocycles. The SMILES string of the molecule is COc1ccc([C@H](CNC(=O)c2ccc([N+](=O)[O-])cc2Cl)N2CCCC2)cc1. The van der Waals surface area contributed by atoms with Crippen LogP contribution in [0.3, 0.4) is 0 Å². The first-order valence-corrected chi connectivity index (χ1v) is 9.47. The minimum absolute atomic E-state index is 0.0363.